The summed E-state index contributed by atoms with van der Waals surface area (Å²) >= 11 is 0. The molecule has 0 amide bonds. The first-order valence-electron chi connectivity index (χ1n) is 8.90. The summed E-state index contributed by atoms with van der Waals surface area (Å²) in [6.07, 6.45) is 6.80. The number of nitrogens with zero attached hydrogens (tertiary/aromatic N) is 1. The molecule has 1 N–H and O–H groups in total. The molecule has 3 aromatic rings. The fourth-order valence-corrected chi connectivity index (χ4v) is 3.72. The normalized spacial score (nSPS) is 15.6. The van der Waals surface area contributed by atoms with E-state index < -0.39 is 0 Å². The van der Waals surface area contributed by atoms with Crippen LogP contribution in [-0.4, -0.2) is 23.0 Å². The number of aromatic amines is 1. The summed E-state index contributed by atoms with van der Waals surface area (Å²) in [5.41, 5.74) is 6.98. The molecule has 122 valence electrons. The molecule has 0 saturated carbocycles. The molecule has 2 heterocycles. The minimum atomic E-state index is 1.03. The number of para-hydroxylation sites is 1. The molecule has 0 radical (unpaired) electrons. The summed E-state index contributed by atoms with van der Waals surface area (Å²) in [4.78, 5) is 6.02. The summed E-state index contributed by atoms with van der Waals surface area (Å²) in [5, 5.41) is 1.37. The number of rotatable bonds is 4. The highest BCUT2D eigenvalue weighted by Crippen LogP contribution is 2.31. The maximum atomic E-state index is 3.50. The van der Waals surface area contributed by atoms with Crippen molar-refractivity contribution >= 4 is 16.5 Å². The number of fused-ring (bicyclic) bond motifs is 1. The number of aryl methyl sites for hydroxylation is 1. The van der Waals surface area contributed by atoms with Crippen molar-refractivity contribution in [3.05, 3.63) is 77.5 Å². The van der Waals surface area contributed by atoms with Gasteiger partial charge in [-0.1, -0.05) is 61.5 Å². The molecule has 0 atom stereocenters. The van der Waals surface area contributed by atoms with Gasteiger partial charge in [0.1, 0.15) is 0 Å². The van der Waals surface area contributed by atoms with Crippen molar-refractivity contribution in [2.75, 3.05) is 13.1 Å². The van der Waals surface area contributed by atoms with E-state index in [1.807, 2.05) is 0 Å². The Balaban J connectivity index is 1.54. The molecule has 0 bridgehead atoms. The lowest BCUT2D eigenvalue weighted by atomic mass is 9.97. The van der Waals surface area contributed by atoms with Crippen molar-refractivity contribution < 1.29 is 0 Å². The Kier molecular flexibility index (Phi) is 4.22. The first kappa shape index (κ1) is 15.2. The van der Waals surface area contributed by atoms with Crippen LogP contribution in [0.15, 0.2) is 60.8 Å². The molecule has 0 fully saturated rings. The average Bonchev–Trinajstić information content (AvgIpc) is 3.07. The minimum Gasteiger partial charge on any atom is -0.360 e. The number of hydrogen-bond donors (Lipinski definition) is 1. The van der Waals surface area contributed by atoms with Crippen molar-refractivity contribution in [2.24, 2.45) is 0 Å². The molecule has 2 heteroatoms. The van der Waals surface area contributed by atoms with Crippen molar-refractivity contribution in [1.29, 1.82) is 0 Å². The van der Waals surface area contributed by atoms with Gasteiger partial charge in [0.25, 0.3) is 0 Å². The van der Waals surface area contributed by atoms with E-state index in [1.165, 1.54) is 33.2 Å². The first-order chi connectivity index (χ1) is 11.8. The third kappa shape index (κ3) is 2.90. The molecule has 1 aliphatic heterocycles. The lowest BCUT2D eigenvalue weighted by molar-refractivity contribution is 0.294. The van der Waals surface area contributed by atoms with Gasteiger partial charge in [-0.05, 0) is 29.5 Å². The molecule has 1 aliphatic rings. The second-order valence-electron chi connectivity index (χ2n) is 6.60. The summed E-state index contributed by atoms with van der Waals surface area (Å²) in [5.74, 6) is 0. The second kappa shape index (κ2) is 6.66. The van der Waals surface area contributed by atoms with Gasteiger partial charge in [-0.3, -0.25) is 4.90 Å². The average molecular weight is 316 g/mol. The molecule has 2 aromatic carbocycles. The van der Waals surface area contributed by atoms with Crippen molar-refractivity contribution in [3.63, 3.8) is 0 Å². The Morgan fingerprint density at radius 2 is 1.92 bits per heavy atom. The van der Waals surface area contributed by atoms with Crippen LogP contribution < -0.4 is 0 Å². The minimum absolute atomic E-state index is 1.03. The van der Waals surface area contributed by atoms with E-state index in [0.29, 0.717) is 0 Å². The number of nitrogens with one attached hydrogen (secondary N) is 1. The van der Waals surface area contributed by atoms with Gasteiger partial charge >= 0.3 is 0 Å². The highest BCUT2D eigenvalue weighted by atomic mass is 15.1. The van der Waals surface area contributed by atoms with E-state index >= 15 is 0 Å². The van der Waals surface area contributed by atoms with Gasteiger partial charge in [-0.2, -0.15) is 0 Å². The van der Waals surface area contributed by atoms with Crippen LogP contribution in [0.3, 0.4) is 0 Å². The smallest absolute Gasteiger partial charge is 0.0492 e. The van der Waals surface area contributed by atoms with Crippen molar-refractivity contribution in [3.8, 4) is 0 Å². The first-order valence-corrected chi connectivity index (χ1v) is 8.90. The molecule has 0 aliphatic carbocycles. The Labute approximate surface area is 143 Å². The molecule has 4 rings (SSSR count). The summed E-state index contributed by atoms with van der Waals surface area (Å²) in [7, 11) is 0. The van der Waals surface area contributed by atoms with E-state index in [4.69, 9.17) is 0 Å². The van der Waals surface area contributed by atoms with Crippen LogP contribution in [0.1, 0.15) is 30.0 Å². The summed E-state index contributed by atoms with van der Waals surface area (Å²) in [6, 6.07) is 17.4. The van der Waals surface area contributed by atoms with Crippen LogP contribution >= 0.6 is 0 Å². The molecule has 0 saturated heterocycles. The van der Waals surface area contributed by atoms with Crippen LogP contribution in [0, 0.1) is 0 Å². The Bertz CT molecular complexity index is 858. The van der Waals surface area contributed by atoms with E-state index in [-0.39, 0.29) is 0 Å². The molecule has 1 aromatic heterocycles. The van der Waals surface area contributed by atoms with Gasteiger partial charge in [-0.25, -0.2) is 0 Å². The quantitative estimate of drug-likeness (QED) is 0.716. The highest BCUT2D eigenvalue weighted by Gasteiger charge is 2.16. The zero-order chi connectivity index (χ0) is 16.4. The number of H-pyrrole nitrogens is 1. The zero-order valence-corrected chi connectivity index (χ0v) is 14.3. The number of benzene rings is 2. The van der Waals surface area contributed by atoms with Crippen LogP contribution in [0.2, 0.25) is 0 Å². The van der Waals surface area contributed by atoms with Gasteiger partial charge in [0.05, 0.1) is 0 Å². The Morgan fingerprint density at radius 1 is 1.04 bits per heavy atom. The van der Waals surface area contributed by atoms with Crippen LogP contribution in [0.5, 0.6) is 0 Å². The number of aromatic nitrogens is 1. The van der Waals surface area contributed by atoms with E-state index in [1.54, 1.807) is 0 Å². The Hall–Kier alpha value is -2.32. The molecule has 2 nitrogen and oxygen atoms in total. The lowest BCUT2D eigenvalue weighted by Crippen LogP contribution is -2.27. The molecule has 24 heavy (non-hydrogen) atoms. The van der Waals surface area contributed by atoms with Gasteiger partial charge in [0.2, 0.25) is 0 Å². The van der Waals surface area contributed by atoms with Gasteiger partial charge in [0, 0.05) is 42.3 Å². The van der Waals surface area contributed by atoms with Crippen LogP contribution in [-0.2, 0) is 13.0 Å². The third-order valence-electron chi connectivity index (χ3n) is 5.07. The predicted molar refractivity (Wildman–Crippen MR) is 102 cm³/mol. The van der Waals surface area contributed by atoms with Gasteiger partial charge in [0.15, 0.2) is 0 Å². The highest BCUT2D eigenvalue weighted by molar-refractivity contribution is 5.94. The maximum absolute atomic E-state index is 3.50. The lowest BCUT2D eigenvalue weighted by Gasteiger charge is -2.26. The monoisotopic (exact) mass is 316 g/mol. The van der Waals surface area contributed by atoms with Crippen LogP contribution in [0.25, 0.3) is 16.5 Å². The fraction of sp³-hybridized carbons (Fsp3) is 0.273. The molecule has 0 spiro atoms. The SMILES string of the molecule is CCc1cccc2c(C3=CCN(Cc4ccccc4)CC3)c[nH]c12. The fourth-order valence-electron chi connectivity index (χ4n) is 3.72. The molecular weight excluding hydrogens is 292 g/mol. The second-order valence-corrected chi connectivity index (χ2v) is 6.60. The van der Waals surface area contributed by atoms with Gasteiger partial charge in [-0.15, -0.1) is 0 Å². The van der Waals surface area contributed by atoms with E-state index in [2.05, 4.69) is 77.6 Å². The standard InChI is InChI=1S/C22H24N2/c1-2-18-9-6-10-20-21(15-23-22(18)20)19-11-13-24(14-12-19)16-17-7-4-3-5-8-17/h3-11,15,23H,2,12-14,16H2,1H3. The Morgan fingerprint density at radius 3 is 2.67 bits per heavy atom. The van der Waals surface area contributed by atoms with Crippen LogP contribution in [0.4, 0.5) is 0 Å². The largest absolute Gasteiger partial charge is 0.360 e. The van der Waals surface area contributed by atoms with E-state index in [9.17, 15) is 0 Å². The zero-order valence-electron chi connectivity index (χ0n) is 14.3. The van der Waals surface area contributed by atoms with Crippen molar-refractivity contribution in [2.45, 2.75) is 26.3 Å². The molecular formula is C22H24N2. The summed E-state index contributed by atoms with van der Waals surface area (Å²) in [6.45, 7) is 5.42. The number of hydrogen-bond acceptors (Lipinski definition) is 1. The van der Waals surface area contributed by atoms with Gasteiger partial charge < -0.3 is 4.98 Å². The predicted octanol–water partition coefficient (Wildman–Crippen LogP) is 5.02. The topological polar surface area (TPSA) is 19.0 Å². The molecule has 0 unspecified atom stereocenters. The maximum Gasteiger partial charge on any atom is 0.0492 e. The summed E-state index contributed by atoms with van der Waals surface area (Å²) < 4.78 is 0. The van der Waals surface area contributed by atoms with E-state index in [0.717, 1.165) is 32.5 Å². The van der Waals surface area contributed by atoms with Crippen molar-refractivity contribution in [1.82, 2.24) is 9.88 Å². The third-order valence-corrected chi connectivity index (χ3v) is 5.07.